The van der Waals surface area contributed by atoms with Crippen molar-refractivity contribution in [2.24, 2.45) is 17.4 Å². The van der Waals surface area contributed by atoms with E-state index in [1.54, 1.807) is 13.8 Å². The molecule has 8 N–H and O–H groups in total. The molecule has 0 aliphatic rings. The van der Waals surface area contributed by atoms with E-state index in [1.807, 2.05) is 0 Å². The maximum atomic E-state index is 12.0. The van der Waals surface area contributed by atoms with Crippen LogP contribution < -0.4 is 22.1 Å². The molecule has 0 aromatic carbocycles. The van der Waals surface area contributed by atoms with Crippen molar-refractivity contribution < 1.29 is 29.4 Å². The number of hydrogen-bond acceptors (Lipinski definition) is 6. The van der Waals surface area contributed by atoms with Crippen molar-refractivity contribution in [2.45, 2.75) is 38.4 Å². The van der Waals surface area contributed by atoms with Gasteiger partial charge in [0.15, 0.2) is 0 Å². The van der Waals surface area contributed by atoms with Crippen LogP contribution in [0.3, 0.4) is 0 Å². The first kappa shape index (κ1) is 19.8. The molecule has 0 bridgehead atoms. The Morgan fingerprint density at radius 2 is 1.64 bits per heavy atom. The Morgan fingerprint density at radius 1 is 1.09 bits per heavy atom. The first-order chi connectivity index (χ1) is 10.1. The lowest BCUT2D eigenvalue weighted by Crippen LogP contribution is -2.56. The number of carbonyl (C=O) groups is 4. The van der Waals surface area contributed by atoms with Crippen molar-refractivity contribution in [1.29, 1.82) is 0 Å². The van der Waals surface area contributed by atoms with Crippen molar-refractivity contribution in [3.63, 3.8) is 0 Å². The number of carbonyl (C=O) groups excluding carboxylic acids is 3. The molecular formula is C12H22N4O6. The van der Waals surface area contributed by atoms with Crippen molar-refractivity contribution in [2.75, 3.05) is 6.61 Å². The smallest absolute Gasteiger partial charge is 0.326 e. The third kappa shape index (κ3) is 6.50. The van der Waals surface area contributed by atoms with Gasteiger partial charge in [0.1, 0.15) is 18.1 Å². The Balaban J connectivity index is 5.01. The van der Waals surface area contributed by atoms with E-state index in [0.717, 1.165) is 0 Å². The first-order valence-corrected chi connectivity index (χ1v) is 6.58. The van der Waals surface area contributed by atoms with E-state index >= 15 is 0 Å². The minimum Gasteiger partial charge on any atom is -0.480 e. The molecule has 0 radical (unpaired) electrons. The highest BCUT2D eigenvalue weighted by Crippen LogP contribution is 2.03. The van der Waals surface area contributed by atoms with Gasteiger partial charge in [0.2, 0.25) is 17.7 Å². The average Bonchev–Trinajstić information content (AvgIpc) is 2.41. The number of primary amides is 1. The molecule has 0 aromatic rings. The molecule has 0 aromatic heterocycles. The molecule has 0 saturated heterocycles. The Morgan fingerprint density at radius 3 is 2.00 bits per heavy atom. The van der Waals surface area contributed by atoms with Crippen LogP contribution in [0.5, 0.6) is 0 Å². The van der Waals surface area contributed by atoms with Crippen molar-refractivity contribution in [3.8, 4) is 0 Å². The molecule has 10 heteroatoms. The van der Waals surface area contributed by atoms with Gasteiger partial charge in [-0.1, -0.05) is 13.8 Å². The third-order valence-electron chi connectivity index (χ3n) is 2.80. The van der Waals surface area contributed by atoms with E-state index in [4.69, 9.17) is 21.7 Å². The van der Waals surface area contributed by atoms with Crippen molar-refractivity contribution in [3.05, 3.63) is 0 Å². The van der Waals surface area contributed by atoms with Crippen LogP contribution in [-0.4, -0.2) is 58.6 Å². The third-order valence-corrected chi connectivity index (χ3v) is 2.80. The molecule has 3 unspecified atom stereocenters. The van der Waals surface area contributed by atoms with Gasteiger partial charge in [0.25, 0.3) is 0 Å². The van der Waals surface area contributed by atoms with Crippen LogP contribution in [0.25, 0.3) is 0 Å². The molecule has 0 spiro atoms. The first-order valence-electron chi connectivity index (χ1n) is 6.58. The normalized spacial score (nSPS) is 14.8. The number of carboxylic acid groups (broad SMARTS) is 1. The summed E-state index contributed by atoms with van der Waals surface area (Å²) < 4.78 is 0. The predicted octanol–water partition coefficient (Wildman–Crippen LogP) is -3.11. The number of aliphatic carboxylic acids is 1. The molecular weight excluding hydrogens is 296 g/mol. The van der Waals surface area contributed by atoms with E-state index in [9.17, 15) is 19.2 Å². The topological polar surface area (TPSA) is 185 Å². The zero-order valence-electron chi connectivity index (χ0n) is 12.4. The molecule has 0 saturated carbocycles. The highest BCUT2D eigenvalue weighted by molar-refractivity contribution is 5.94. The molecule has 22 heavy (non-hydrogen) atoms. The van der Waals surface area contributed by atoms with E-state index in [-0.39, 0.29) is 0 Å². The van der Waals surface area contributed by atoms with Crippen LogP contribution in [0.15, 0.2) is 0 Å². The maximum Gasteiger partial charge on any atom is 0.326 e. The molecule has 3 amide bonds. The summed E-state index contributed by atoms with van der Waals surface area (Å²) in [6.07, 6.45) is -0.528. The summed E-state index contributed by atoms with van der Waals surface area (Å²) in [6.45, 7) is 2.52. The van der Waals surface area contributed by atoms with Crippen molar-refractivity contribution in [1.82, 2.24) is 10.6 Å². The lowest BCUT2D eigenvalue weighted by atomic mass is 10.0. The van der Waals surface area contributed by atoms with Gasteiger partial charge in [0, 0.05) is 0 Å². The Kier molecular flexibility index (Phi) is 8.05. The number of nitrogens with one attached hydrogen (secondary N) is 2. The summed E-state index contributed by atoms with van der Waals surface area (Å²) in [6, 6.07) is -3.84. The molecule has 0 fully saturated rings. The molecule has 0 aliphatic carbocycles. The van der Waals surface area contributed by atoms with E-state index in [0.29, 0.717) is 0 Å². The fourth-order valence-corrected chi connectivity index (χ4v) is 1.54. The van der Waals surface area contributed by atoms with Gasteiger partial charge in [-0.25, -0.2) is 4.79 Å². The van der Waals surface area contributed by atoms with Gasteiger partial charge < -0.3 is 32.3 Å². The highest BCUT2D eigenvalue weighted by atomic mass is 16.4. The van der Waals surface area contributed by atoms with Gasteiger partial charge >= 0.3 is 5.97 Å². The summed E-state index contributed by atoms with van der Waals surface area (Å²) >= 11 is 0. The van der Waals surface area contributed by atoms with Gasteiger partial charge in [-0.2, -0.15) is 0 Å². The van der Waals surface area contributed by atoms with Crippen LogP contribution in [-0.2, 0) is 19.2 Å². The Labute approximate surface area is 127 Å². The van der Waals surface area contributed by atoms with Crippen LogP contribution in [0.2, 0.25) is 0 Å². The number of hydrogen-bond donors (Lipinski definition) is 6. The van der Waals surface area contributed by atoms with Crippen LogP contribution >= 0.6 is 0 Å². The predicted molar refractivity (Wildman–Crippen MR) is 75.2 cm³/mol. The second-order valence-corrected chi connectivity index (χ2v) is 5.09. The molecule has 10 nitrogen and oxygen atoms in total. The van der Waals surface area contributed by atoms with Gasteiger partial charge in [-0.05, 0) is 5.92 Å². The Hall–Kier alpha value is -2.20. The van der Waals surface area contributed by atoms with Crippen LogP contribution in [0, 0.1) is 5.92 Å². The zero-order chi connectivity index (χ0) is 17.4. The molecule has 0 heterocycles. The number of rotatable bonds is 9. The zero-order valence-corrected chi connectivity index (χ0v) is 12.4. The van der Waals surface area contributed by atoms with E-state index in [1.165, 1.54) is 0 Å². The van der Waals surface area contributed by atoms with Crippen LogP contribution in [0.4, 0.5) is 0 Å². The SMILES string of the molecule is CC(C)C(NC(=O)C(CC(N)=O)NC(=O)C(N)CO)C(=O)O. The number of aliphatic hydroxyl groups is 1. The molecule has 0 aliphatic heterocycles. The van der Waals surface area contributed by atoms with Gasteiger partial charge in [-0.15, -0.1) is 0 Å². The lowest BCUT2D eigenvalue weighted by Gasteiger charge is -2.23. The van der Waals surface area contributed by atoms with Crippen LogP contribution in [0.1, 0.15) is 20.3 Å². The largest absolute Gasteiger partial charge is 0.480 e. The number of aliphatic hydroxyl groups excluding tert-OH is 1. The summed E-state index contributed by atoms with van der Waals surface area (Å²) in [5, 5.41) is 22.2. The fraction of sp³-hybridized carbons (Fsp3) is 0.667. The summed E-state index contributed by atoms with van der Waals surface area (Å²) in [4.78, 5) is 45.7. The van der Waals surface area contributed by atoms with E-state index < -0.39 is 60.8 Å². The number of amides is 3. The standard InChI is InChI=1S/C12H22N4O6/c1-5(2)9(12(21)22)16-11(20)7(3-8(14)18)15-10(19)6(13)4-17/h5-7,9,17H,3-4,13H2,1-2H3,(H2,14,18)(H,15,19)(H,16,20)(H,21,22). The van der Waals surface area contributed by atoms with Gasteiger partial charge in [0.05, 0.1) is 13.0 Å². The summed E-state index contributed by atoms with van der Waals surface area (Å²) in [5.41, 5.74) is 10.3. The monoisotopic (exact) mass is 318 g/mol. The Bertz CT molecular complexity index is 439. The highest BCUT2D eigenvalue weighted by Gasteiger charge is 2.30. The summed E-state index contributed by atoms with van der Waals surface area (Å²) in [5.74, 6) is -4.27. The fourth-order valence-electron chi connectivity index (χ4n) is 1.54. The molecule has 3 atom stereocenters. The molecule has 126 valence electrons. The maximum absolute atomic E-state index is 12.0. The number of carboxylic acids is 1. The van der Waals surface area contributed by atoms with Gasteiger partial charge in [-0.3, -0.25) is 14.4 Å². The second-order valence-electron chi connectivity index (χ2n) is 5.09. The quantitative estimate of drug-likeness (QED) is 0.260. The minimum atomic E-state index is -1.37. The average molecular weight is 318 g/mol. The second kappa shape index (κ2) is 8.95. The summed E-state index contributed by atoms with van der Waals surface area (Å²) in [7, 11) is 0. The van der Waals surface area contributed by atoms with E-state index in [2.05, 4.69) is 10.6 Å². The number of nitrogens with two attached hydrogens (primary N) is 2. The molecule has 0 rings (SSSR count). The minimum absolute atomic E-state index is 0.411. The van der Waals surface area contributed by atoms with Crippen molar-refractivity contribution >= 4 is 23.7 Å². The lowest BCUT2D eigenvalue weighted by molar-refractivity contribution is -0.143.